The van der Waals surface area contributed by atoms with E-state index in [-0.39, 0.29) is 18.2 Å². The van der Waals surface area contributed by atoms with Crippen molar-refractivity contribution in [2.75, 3.05) is 11.4 Å². The lowest BCUT2D eigenvalue weighted by Gasteiger charge is -2.22. The zero-order valence-corrected chi connectivity index (χ0v) is 17.1. The first-order chi connectivity index (χ1) is 13.1. The molecule has 0 saturated heterocycles. The lowest BCUT2D eigenvalue weighted by Crippen LogP contribution is -2.40. The summed E-state index contributed by atoms with van der Waals surface area (Å²) < 4.78 is 16.8. The highest BCUT2D eigenvalue weighted by molar-refractivity contribution is 9.10. The van der Waals surface area contributed by atoms with Gasteiger partial charge in [0, 0.05) is 40.6 Å². The predicted octanol–water partition coefficient (Wildman–Crippen LogP) is 2.76. The van der Waals surface area contributed by atoms with Crippen molar-refractivity contribution in [1.29, 1.82) is 0 Å². The van der Waals surface area contributed by atoms with E-state index in [1.807, 2.05) is 16.8 Å². The van der Waals surface area contributed by atoms with E-state index in [0.717, 1.165) is 16.4 Å². The first-order valence-electron chi connectivity index (χ1n) is 8.48. The van der Waals surface area contributed by atoms with Crippen LogP contribution in [0.25, 0.3) is 10.9 Å². The molecule has 4 rings (SSSR count). The first kappa shape index (κ1) is 20.5. The number of nitrogens with zero attached hydrogens (tertiary/aromatic N) is 4. The molecule has 3 aromatic rings. The van der Waals surface area contributed by atoms with Crippen molar-refractivity contribution < 1.29 is 9.50 Å². The molecule has 0 spiro atoms. The van der Waals surface area contributed by atoms with Crippen LogP contribution in [0.5, 0.6) is 0 Å². The summed E-state index contributed by atoms with van der Waals surface area (Å²) in [5.41, 5.74) is 10.5. The highest BCUT2D eigenvalue weighted by Gasteiger charge is 2.31. The largest absolute Gasteiger partial charge is 0.355 e. The van der Waals surface area contributed by atoms with E-state index in [9.17, 15) is 9.50 Å². The normalized spacial score (nSPS) is 16.1. The number of rotatable bonds is 5. The van der Waals surface area contributed by atoms with Crippen LogP contribution in [-0.2, 0) is 6.54 Å². The van der Waals surface area contributed by atoms with Gasteiger partial charge in [0.25, 0.3) is 0 Å². The van der Waals surface area contributed by atoms with Gasteiger partial charge >= 0.3 is 0 Å². The molecule has 7 nitrogen and oxygen atoms in total. The van der Waals surface area contributed by atoms with Crippen LogP contribution in [0, 0.1) is 5.82 Å². The van der Waals surface area contributed by atoms with Gasteiger partial charge in [-0.1, -0.05) is 0 Å². The molecule has 4 N–H and O–H groups in total. The Morgan fingerprint density at radius 3 is 2.86 bits per heavy atom. The third-order valence-corrected chi connectivity index (χ3v) is 4.84. The molecule has 3 heterocycles. The lowest BCUT2D eigenvalue weighted by molar-refractivity contribution is 0.159. The Labute approximate surface area is 175 Å². The zero-order chi connectivity index (χ0) is 19.0. The molecule has 148 valence electrons. The molecule has 1 aromatic carbocycles. The number of hydrogen-bond donors (Lipinski definition) is 3. The second-order valence-corrected chi connectivity index (χ2v) is 7.13. The maximum atomic E-state index is 14.0. The van der Waals surface area contributed by atoms with Gasteiger partial charge in [-0.05, 0) is 53.2 Å². The number of pyridine rings is 1. The van der Waals surface area contributed by atoms with Crippen LogP contribution in [0.4, 0.5) is 10.1 Å². The maximum absolute atomic E-state index is 14.0. The number of fused-ring (bicyclic) bond motifs is 1. The van der Waals surface area contributed by atoms with Gasteiger partial charge in [-0.15, -0.1) is 12.4 Å². The molecule has 2 aromatic heterocycles. The quantitative estimate of drug-likeness (QED) is 0.534. The molecule has 1 unspecified atom stereocenters. The van der Waals surface area contributed by atoms with Crippen molar-refractivity contribution >= 4 is 50.8 Å². The topological polar surface area (TPSA) is 91.7 Å². The van der Waals surface area contributed by atoms with Crippen LogP contribution in [0.2, 0.25) is 0 Å². The Morgan fingerprint density at radius 1 is 1.29 bits per heavy atom. The van der Waals surface area contributed by atoms with Crippen LogP contribution in [0.15, 0.2) is 52.4 Å². The number of nitrogens with one attached hydrogen (secondary N) is 1. The summed E-state index contributed by atoms with van der Waals surface area (Å²) in [6.45, 7) is 1.25. The van der Waals surface area contributed by atoms with Gasteiger partial charge in [-0.25, -0.2) is 4.39 Å². The third kappa shape index (κ3) is 3.70. The number of benzene rings is 1. The Bertz CT molecular complexity index is 1030. The van der Waals surface area contributed by atoms with Gasteiger partial charge in [0.1, 0.15) is 5.82 Å². The number of halogens is 3. The molecule has 0 fully saturated rings. The summed E-state index contributed by atoms with van der Waals surface area (Å²) in [5, 5.41) is 15.4. The van der Waals surface area contributed by atoms with Gasteiger partial charge in [0.15, 0.2) is 5.84 Å². The summed E-state index contributed by atoms with van der Waals surface area (Å²) >= 11 is 3.40. The molecular formula is C18H19BrClFN6O. The van der Waals surface area contributed by atoms with Crippen LogP contribution < -0.4 is 16.1 Å². The molecule has 0 saturated carbocycles. The fourth-order valence-corrected chi connectivity index (χ4v) is 3.58. The predicted molar refractivity (Wildman–Crippen MR) is 113 cm³/mol. The standard InChI is InChI=1S/C18H18BrFN6O.ClH/c19-12-6-11(8-22-9-12)17-23-24-18(27)26(17)16-10-25(5-1-4-21)15-3-2-13(20)7-14(15)16;/h2-3,6-10,18,24,27H,1,4-5,21H2;1H. The fourth-order valence-electron chi connectivity index (χ4n) is 3.22. The second kappa shape index (κ2) is 8.44. The Kier molecular flexibility index (Phi) is 6.19. The molecular weight excluding hydrogens is 451 g/mol. The van der Waals surface area contributed by atoms with Crippen molar-refractivity contribution in [3.05, 3.63) is 58.7 Å². The number of aryl methyl sites for hydroxylation is 1. The van der Waals surface area contributed by atoms with E-state index >= 15 is 0 Å². The number of amidine groups is 1. The smallest absolute Gasteiger partial charge is 0.226 e. The number of hydrazone groups is 1. The molecule has 28 heavy (non-hydrogen) atoms. The molecule has 1 aliphatic rings. The molecule has 0 amide bonds. The Morgan fingerprint density at radius 2 is 2.11 bits per heavy atom. The van der Waals surface area contributed by atoms with E-state index in [1.54, 1.807) is 23.4 Å². The number of nitrogens with two attached hydrogens (primary N) is 1. The van der Waals surface area contributed by atoms with E-state index in [0.29, 0.717) is 35.6 Å². The first-order valence-corrected chi connectivity index (χ1v) is 9.27. The molecule has 1 atom stereocenters. The number of aromatic nitrogens is 2. The minimum Gasteiger partial charge on any atom is -0.355 e. The average molecular weight is 470 g/mol. The Balaban J connectivity index is 0.00000225. The second-order valence-electron chi connectivity index (χ2n) is 6.21. The van der Waals surface area contributed by atoms with E-state index < -0.39 is 6.35 Å². The minimum atomic E-state index is -1.07. The molecule has 10 heteroatoms. The molecule has 1 aliphatic heterocycles. The third-order valence-electron chi connectivity index (χ3n) is 4.41. The summed E-state index contributed by atoms with van der Waals surface area (Å²) in [4.78, 5) is 5.79. The van der Waals surface area contributed by atoms with Crippen molar-refractivity contribution in [3.63, 3.8) is 0 Å². The molecule has 0 aliphatic carbocycles. The summed E-state index contributed by atoms with van der Waals surface area (Å²) in [6, 6.07) is 6.48. The minimum absolute atomic E-state index is 0. The fraction of sp³-hybridized carbons (Fsp3) is 0.222. The highest BCUT2D eigenvalue weighted by Crippen LogP contribution is 2.33. The van der Waals surface area contributed by atoms with Gasteiger partial charge in [0.2, 0.25) is 6.35 Å². The monoisotopic (exact) mass is 468 g/mol. The summed E-state index contributed by atoms with van der Waals surface area (Å²) in [7, 11) is 0. The van der Waals surface area contributed by atoms with E-state index in [4.69, 9.17) is 5.73 Å². The summed E-state index contributed by atoms with van der Waals surface area (Å²) in [6.07, 6.45) is 4.93. The summed E-state index contributed by atoms with van der Waals surface area (Å²) in [5.74, 6) is 0.156. The van der Waals surface area contributed by atoms with Gasteiger partial charge < -0.3 is 15.4 Å². The van der Waals surface area contributed by atoms with Crippen molar-refractivity contribution in [3.8, 4) is 0 Å². The van der Waals surface area contributed by atoms with Crippen molar-refractivity contribution in [2.24, 2.45) is 10.8 Å². The van der Waals surface area contributed by atoms with Gasteiger partial charge in [-0.2, -0.15) is 5.10 Å². The van der Waals surface area contributed by atoms with E-state index in [1.165, 1.54) is 12.1 Å². The number of aliphatic hydroxyl groups excluding tert-OH is 1. The van der Waals surface area contributed by atoms with Crippen molar-refractivity contribution in [2.45, 2.75) is 19.3 Å². The van der Waals surface area contributed by atoms with Crippen LogP contribution in [0.3, 0.4) is 0 Å². The number of aliphatic hydroxyl groups is 1. The van der Waals surface area contributed by atoms with E-state index in [2.05, 4.69) is 31.4 Å². The number of hydrogen-bond acceptors (Lipinski definition) is 6. The Hall–Kier alpha value is -2.20. The van der Waals surface area contributed by atoms with Gasteiger partial charge in [-0.3, -0.25) is 15.3 Å². The van der Waals surface area contributed by atoms with Crippen LogP contribution in [0.1, 0.15) is 12.0 Å². The van der Waals surface area contributed by atoms with Crippen LogP contribution in [-0.4, -0.2) is 33.4 Å². The highest BCUT2D eigenvalue weighted by atomic mass is 79.9. The number of anilines is 1. The maximum Gasteiger partial charge on any atom is 0.226 e. The van der Waals surface area contributed by atoms with Crippen LogP contribution >= 0.6 is 28.3 Å². The van der Waals surface area contributed by atoms with Gasteiger partial charge in [0.05, 0.1) is 11.2 Å². The molecule has 0 radical (unpaired) electrons. The SMILES string of the molecule is Cl.NCCCn1cc(N2C(c3cncc(Br)c3)=NNC2O)c2cc(F)ccc21. The molecule has 0 bridgehead atoms. The average Bonchev–Trinajstić information content (AvgIpc) is 3.20. The van der Waals surface area contributed by atoms with Crippen molar-refractivity contribution in [1.82, 2.24) is 15.0 Å². The lowest BCUT2D eigenvalue weighted by atomic mass is 10.2. The zero-order valence-electron chi connectivity index (χ0n) is 14.7.